The number of nitrogens with zero attached hydrogens (tertiary/aromatic N) is 2. The Kier molecular flexibility index (Phi) is 3.31. The largest absolute Gasteiger partial charge is 0.298 e. The van der Waals surface area contributed by atoms with Crippen LogP contribution in [0.15, 0.2) is 40.8 Å². The van der Waals surface area contributed by atoms with Gasteiger partial charge in [-0.05, 0) is 43.5 Å². The number of hydrogen-bond acceptors (Lipinski definition) is 3. The molecule has 0 amide bonds. The summed E-state index contributed by atoms with van der Waals surface area (Å²) in [6.45, 7) is 2.74. The van der Waals surface area contributed by atoms with Gasteiger partial charge in [0.2, 0.25) is 0 Å². The molecule has 0 atom stereocenters. The fraction of sp³-hybridized carbons (Fsp3) is 0.222. The van der Waals surface area contributed by atoms with E-state index in [1.165, 1.54) is 43.5 Å². The number of alkyl halides is 2. The number of benzene rings is 1. The van der Waals surface area contributed by atoms with E-state index >= 15 is 0 Å². The topological polar surface area (TPSA) is 25.2 Å². The van der Waals surface area contributed by atoms with Gasteiger partial charge >= 0.3 is 0 Å². The van der Waals surface area contributed by atoms with E-state index in [2.05, 4.69) is 9.98 Å². The zero-order valence-electron chi connectivity index (χ0n) is 13.3. The van der Waals surface area contributed by atoms with Gasteiger partial charge in [-0.3, -0.25) is 9.98 Å². The molecule has 0 unspecified atom stereocenters. The maximum Gasteiger partial charge on any atom is 0.298 e. The predicted molar refractivity (Wildman–Crippen MR) is 89.6 cm³/mol. The molecule has 128 valence electrons. The fourth-order valence-corrected chi connectivity index (χ4v) is 3.88. The van der Waals surface area contributed by atoms with E-state index < -0.39 is 23.1 Å². The van der Waals surface area contributed by atoms with Crippen LogP contribution in [0.25, 0.3) is 10.9 Å². The second kappa shape index (κ2) is 5.11. The van der Waals surface area contributed by atoms with Crippen molar-refractivity contribution < 1.29 is 17.6 Å². The minimum Gasteiger partial charge on any atom is -0.270 e. The lowest BCUT2D eigenvalue weighted by atomic mass is 9.86. The monoisotopic (exact) mass is 364 g/mol. The summed E-state index contributed by atoms with van der Waals surface area (Å²) in [4.78, 5) is 8.61. The van der Waals surface area contributed by atoms with Crippen LogP contribution >= 0.6 is 11.3 Å². The number of halogens is 4. The van der Waals surface area contributed by atoms with Crippen molar-refractivity contribution in [3.63, 3.8) is 0 Å². The Morgan fingerprint density at radius 1 is 1.08 bits per heavy atom. The average molecular weight is 364 g/mol. The highest BCUT2D eigenvalue weighted by atomic mass is 32.1. The van der Waals surface area contributed by atoms with Crippen LogP contribution < -0.4 is 0 Å². The first-order valence-electron chi connectivity index (χ1n) is 7.52. The Balaban J connectivity index is 1.95. The molecule has 25 heavy (non-hydrogen) atoms. The summed E-state index contributed by atoms with van der Waals surface area (Å²) in [7, 11) is 0. The van der Waals surface area contributed by atoms with Gasteiger partial charge in [-0.1, -0.05) is 0 Å². The minimum atomic E-state index is -3.09. The highest BCUT2D eigenvalue weighted by molar-refractivity contribution is 7.12. The van der Waals surface area contributed by atoms with Crippen molar-refractivity contribution >= 4 is 28.0 Å². The number of aromatic nitrogens is 1. The number of thiophene rings is 1. The van der Waals surface area contributed by atoms with Crippen molar-refractivity contribution in [2.45, 2.75) is 25.3 Å². The van der Waals surface area contributed by atoms with Crippen LogP contribution in [0.1, 0.15) is 29.9 Å². The molecule has 0 radical (unpaired) electrons. The lowest BCUT2D eigenvalue weighted by molar-refractivity contribution is -0.0677. The van der Waals surface area contributed by atoms with Crippen molar-refractivity contribution in [2.75, 3.05) is 0 Å². The van der Waals surface area contributed by atoms with E-state index in [-0.39, 0.29) is 11.1 Å². The molecular formula is C18H12F4N2S. The molecule has 1 aromatic carbocycles. The molecular weight excluding hydrogens is 352 g/mol. The Labute approximate surface area is 144 Å². The van der Waals surface area contributed by atoms with Gasteiger partial charge < -0.3 is 0 Å². The summed E-state index contributed by atoms with van der Waals surface area (Å²) >= 11 is 1.17. The van der Waals surface area contributed by atoms with Crippen LogP contribution in [-0.2, 0) is 5.92 Å². The standard InChI is InChI=1S/C18H12F4N2S/c1-17(2)18(21,22)11-5-6-25-16(11)15(24-17)10-7-9-3-4-12(19)13(20)14(9)23-8-10/h3-8H,1-2H3. The van der Waals surface area contributed by atoms with Crippen molar-refractivity contribution in [1.82, 2.24) is 4.98 Å². The summed E-state index contributed by atoms with van der Waals surface area (Å²) in [5, 5.41) is 1.98. The summed E-state index contributed by atoms with van der Waals surface area (Å²) in [5.41, 5.74) is -0.917. The molecule has 7 heteroatoms. The highest BCUT2D eigenvalue weighted by Crippen LogP contribution is 2.48. The predicted octanol–water partition coefficient (Wildman–Crippen LogP) is 5.30. The zero-order chi connectivity index (χ0) is 18.0. The van der Waals surface area contributed by atoms with E-state index in [1.807, 2.05) is 0 Å². The van der Waals surface area contributed by atoms with Crippen LogP contribution in [0.4, 0.5) is 17.6 Å². The van der Waals surface area contributed by atoms with Crippen molar-refractivity contribution in [2.24, 2.45) is 4.99 Å². The lowest BCUT2D eigenvalue weighted by Gasteiger charge is -2.35. The number of hydrogen-bond donors (Lipinski definition) is 0. The third kappa shape index (κ3) is 2.22. The Bertz CT molecular complexity index is 1040. The summed E-state index contributed by atoms with van der Waals surface area (Å²) in [6, 6.07) is 5.41. The first kappa shape index (κ1) is 16.2. The molecule has 0 N–H and O–H groups in total. The molecule has 1 aliphatic heterocycles. The van der Waals surface area contributed by atoms with Crippen LogP contribution in [0.2, 0.25) is 0 Å². The molecule has 4 rings (SSSR count). The zero-order valence-corrected chi connectivity index (χ0v) is 14.1. The van der Waals surface area contributed by atoms with Crippen LogP contribution in [-0.4, -0.2) is 16.2 Å². The molecule has 0 aliphatic carbocycles. The van der Waals surface area contributed by atoms with Gasteiger partial charge in [0.1, 0.15) is 11.1 Å². The van der Waals surface area contributed by atoms with Gasteiger partial charge in [0, 0.05) is 22.7 Å². The van der Waals surface area contributed by atoms with E-state index in [9.17, 15) is 17.6 Å². The Morgan fingerprint density at radius 3 is 2.60 bits per heavy atom. The smallest absolute Gasteiger partial charge is 0.270 e. The third-order valence-electron chi connectivity index (χ3n) is 4.40. The number of pyridine rings is 1. The van der Waals surface area contributed by atoms with Gasteiger partial charge in [-0.25, -0.2) is 8.78 Å². The molecule has 2 nitrogen and oxygen atoms in total. The second-order valence-corrected chi connectivity index (χ2v) is 7.33. The Morgan fingerprint density at radius 2 is 1.84 bits per heavy atom. The second-order valence-electron chi connectivity index (χ2n) is 6.41. The molecule has 0 spiro atoms. The maximum atomic E-state index is 14.6. The number of rotatable bonds is 1. The highest BCUT2D eigenvalue weighted by Gasteiger charge is 2.53. The first-order chi connectivity index (χ1) is 11.7. The molecule has 0 bridgehead atoms. The lowest BCUT2D eigenvalue weighted by Crippen LogP contribution is -2.43. The van der Waals surface area contributed by atoms with Crippen LogP contribution in [0.3, 0.4) is 0 Å². The normalized spacial score (nSPS) is 18.1. The summed E-state index contributed by atoms with van der Waals surface area (Å²) in [5.74, 6) is -5.10. The van der Waals surface area contributed by atoms with Crippen molar-refractivity contribution in [3.05, 3.63) is 63.5 Å². The number of aliphatic imine (C=N–C) groups is 1. The fourth-order valence-electron chi connectivity index (χ4n) is 2.94. The molecule has 3 heterocycles. The van der Waals surface area contributed by atoms with Gasteiger partial charge in [-0.15, -0.1) is 11.3 Å². The van der Waals surface area contributed by atoms with Gasteiger partial charge in [0.25, 0.3) is 5.92 Å². The van der Waals surface area contributed by atoms with Crippen LogP contribution in [0, 0.1) is 11.6 Å². The summed E-state index contributed by atoms with van der Waals surface area (Å²) in [6.07, 6.45) is 1.34. The average Bonchev–Trinajstić information content (AvgIpc) is 3.05. The SMILES string of the molecule is CC1(C)N=C(c2cnc3c(F)c(F)ccc3c2)c2sccc2C1(F)F. The number of fused-ring (bicyclic) bond motifs is 2. The minimum absolute atomic E-state index is 0.0714. The molecule has 0 fully saturated rings. The third-order valence-corrected chi connectivity index (χ3v) is 5.32. The van der Waals surface area contributed by atoms with E-state index in [1.54, 1.807) is 11.4 Å². The molecule has 0 saturated carbocycles. The summed E-state index contributed by atoms with van der Waals surface area (Å²) < 4.78 is 56.4. The first-order valence-corrected chi connectivity index (χ1v) is 8.40. The maximum absolute atomic E-state index is 14.6. The van der Waals surface area contributed by atoms with Crippen molar-refractivity contribution in [3.8, 4) is 0 Å². The van der Waals surface area contributed by atoms with E-state index in [0.29, 0.717) is 21.5 Å². The van der Waals surface area contributed by atoms with Gasteiger partial charge in [0.15, 0.2) is 11.6 Å². The van der Waals surface area contributed by atoms with E-state index in [0.717, 1.165) is 6.07 Å². The van der Waals surface area contributed by atoms with Gasteiger partial charge in [0.05, 0.1) is 10.6 Å². The molecule has 3 aromatic rings. The molecule has 1 aliphatic rings. The van der Waals surface area contributed by atoms with E-state index in [4.69, 9.17) is 0 Å². The quantitative estimate of drug-likeness (QED) is 0.538. The molecule has 0 saturated heterocycles. The van der Waals surface area contributed by atoms with Gasteiger partial charge in [-0.2, -0.15) is 8.78 Å². The van der Waals surface area contributed by atoms with Crippen molar-refractivity contribution in [1.29, 1.82) is 0 Å². The van der Waals surface area contributed by atoms with Crippen LogP contribution in [0.5, 0.6) is 0 Å². The molecule has 2 aromatic heterocycles. The Hall–Kier alpha value is -2.28.